The average molecular weight is 356 g/mol. The van der Waals surface area contributed by atoms with Gasteiger partial charge in [-0.2, -0.15) is 0 Å². The van der Waals surface area contributed by atoms with Crippen LogP contribution in [0.1, 0.15) is 44.1 Å². The normalized spacial score (nSPS) is 33.0. The highest BCUT2D eigenvalue weighted by atomic mass is 16.5. The van der Waals surface area contributed by atoms with Crippen molar-refractivity contribution in [1.29, 1.82) is 0 Å². The zero-order chi connectivity index (χ0) is 18.1. The van der Waals surface area contributed by atoms with Gasteiger partial charge in [0.1, 0.15) is 5.75 Å². The van der Waals surface area contributed by atoms with Crippen LogP contribution in [0.4, 0.5) is 0 Å². The number of hydrogen-bond donors (Lipinski definition) is 2. The first kappa shape index (κ1) is 17.4. The Kier molecular flexibility index (Phi) is 4.88. The summed E-state index contributed by atoms with van der Waals surface area (Å²) in [6.07, 6.45) is 6.36. The smallest absolute Gasteiger partial charge is 0.258 e. The van der Waals surface area contributed by atoms with Crippen LogP contribution in [0, 0.1) is 24.7 Å². The molecule has 2 N–H and O–H groups in total. The molecular weight excluding hydrogens is 328 g/mol. The molecule has 2 saturated carbocycles. The second kappa shape index (κ2) is 7.29. The molecule has 1 aliphatic heterocycles. The second-order valence-electron chi connectivity index (χ2n) is 8.11. The lowest BCUT2D eigenvalue weighted by molar-refractivity contribution is -0.132. The molecule has 3 aliphatic rings. The van der Waals surface area contributed by atoms with E-state index in [2.05, 4.69) is 10.6 Å². The number of ether oxygens (including phenoxy) is 1. The molecule has 3 fully saturated rings. The third-order valence-corrected chi connectivity index (χ3v) is 6.50. The van der Waals surface area contributed by atoms with E-state index in [1.54, 1.807) is 0 Å². The maximum atomic E-state index is 12.3. The third kappa shape index (κ3) is 3.44. The van der Waals surface area contributed by atoms with E-state index in [4.69, 9.17) is 4.74 Å². The molecule has 2 aliphatic carbocycles. The predicted molar refractivity (Wildman–Crippen MR) is 98.7 cm³/mol. The molecule has 1 aromatic rings. The number of para-hydroxylation sites is 1. The van der Waals surface area contributed by atoms with E-state index < -0.39 is 0 Å². The largest absolute Gasteiger partial charge is 0.484 e. The van der Waals surface area contributed by atoms with Crippen molar-refractivity contribution < 1.29 is 14.3 Å². The molecule has 0 bridgehead atoms. The van der Waals surface area contributed by atoms with Crippen LogP contribution in [0.2, 0.25) is 0 Å². The Labute approximate surface area is 154 Å². The van der Waals surface area contributed by atoms with E-state index >= 15 is 0 Å². The SMILES string of the molecule is Cc1ccccc1OCC(=O)NC1CCC2C(C1)NC(=O)C1CCCC12. The molecule has 0 spiro atoms. The van der Waals surface area contributed by atoms with Crippen molar-refractivity contribution in [2.24, 2.45) is 17.8 Å². The molecule has 0 radical (unpaired) electrons. The maximum absolute atomic E-state index is 12.3. The number of benzene rings is 1. The first-order valence-electron chi connectivity index (χ1n) is 9.90. The fraction of sp³-hybridized carbons (Fsp3) is 0.619. The summed E-state index contributed by atoms with van der Waals surface area (Å²) < 4.78 is 5.64. The molecule has 1 saturated heterocycles. The van der Waals surface area contributed by atoms with E-state index in [-0.39, 0.29) is 36.4 Å². The number of rotatable bonds is 4. The molecule has 1 aromatic carbocycles. The second-order valence-corrected chi connectivity index (χ2v) is 8.11. The Hall–Kier alpha value is -2.04. The number of aryl methyl sites for hydroxylation is 1. The summed E-state index contributed by atoms with van der Waals surface area (Å²) in [6.45, 7) is 2.00. The van der Waals surface area contributed by atoms with Crippen molar-refractivity contribution in [2.75, 3.05) is 6.61 Å². The number of carbonyl (C=O) groups excluding carboxylic acids is 2. The van der Waals surface area contributed by atoms with Crippen molar-refractivity contribution in [1.82, 2.24) is 10.6 Å². The highest BCUT2D eigenvalue weighted by Crippen LogP contribution is 2.45. The molecule has 26 heavy (non-hydrogen) atoms. The molecule has 2 amide bonds. The number of nitrogens with one attached hydrogen (secondary N) is 2. The van der Waals surface area contributed by atoms with Crippen molar-refractivity contribution in [3.05, 3.63) is 29.8 Å². The van der Waals surface area contributed by atoms with Crippen molar-refractivity contribution >= 4 is 11.8 Å². The van der Waals surface area contributed by atoms with Crippen molar-refractivity contribution in [3.63, 3.8) is 0 Å². The van der Waals surface area contributed by atoms with E-state index in [1.165, 1.54) is 12.8 Å². The van der Waals surface area contributed by atoms with Gasteiger partial charge in [-0.15, -0.1) is 0 Å². The van der Waals surface area contributed by atoms with Gasteiger partial charge in [0, 0.05) is 18.0 Å². The van der Waals surface area contributed by atoms with E-state index in [0.717, 1.165) is 37.0 Å². The summed E-state index contributed by atoms with van der Waals surface area (Å²) >= 11 is 0. The fourth-order valence-corrected chi connectivity index (χ4v) is 5.25. The number of carbonyl (C=O) groups is 2. The van der Waals surface area contributed by atoms with E-state index in [0.29, 0.717) is 11.8 Å². The Bertz CT molecular complexity index is 690. The minimum Gasteiger partial charge on any atom is -0.484 e. The van der Waals surface area contributed by atoms with Crippen molar-refractivity contribution in [2.45, 2.75) is 57.5 Å². The molecule has 0 aromatic heterocycles. The molecule has 1 heterocycles. The summed E-state index contributed by atoms with van der Waals surface area (Å²) in [6, 6.07) is 8.05. The van der Waals surface area contributed by atoms with Crippen LogP contribution < -0.4 is 15.4 Å². The van der Waals surface area contributed by atoms with Gasteiger partial charge in [0.05, 0.1) is 0 Å². The lowest BCUT2D eigenvalue weighted by atomic mass is 9.68. The highest BCUT2D eigenvalue weighted by molar-refractivity contribution is 5.81. The Morgan fingerprint density at radius 2 is 2.04 bits per heavy atom. The van der Waals surface area contributed by atoms with Gasteiger partial charge in [0.25, 0.3) is 5.91 Å². The van der Waals surface area contributed by atoms with Crippen LogP contribution in [-0.2, 0) is 9.59 Å². The highest BCUT2D eigenvalue weighted by Gasteiger charge is 2.48. The quantitative estimate of drug-likeness (QED) is 0.871. The standard InChI is InChI=1S/C21H28N2O3/c1-13-5-2-3-8-19(13)26-12-20(24)22-14-9-10-16-15-6-4-7-17(15)21(25)23-18(16)11-14/h2-3,5,8,14-18H,4,6-7,9-12H2,1H3,(H,22,24)(H,23,25). The third-order valence-electron chi connectivity index (χ3n) is 6.50. The molecule has 140 valence electrons. The summed E-state index contributed by atoms with van der Waals surface area (Å²) in [5.74, 6) is 2.30. The van der Waals surface area contributed by atoms with Crippen LogP contribution in [0.25, 0.3) is 0 Å². The van der Waals surface area contributed by atoms with Gasteiger partial charge in [0.2, 0.25) is 5.91 Å². The summed E-state index contributed by atoms with van der Waals surface area (Å²) in [7, 11) is 0. The lowest BCUT2D eigenvalue weighted by Crippen LogP contribution is -2.57. The number of hydrogen-bond acceptors (Lipinski definition) is 3. The minimum absolute atomic E-state index is 0.0342. The molecule has 4 rings (SSSR count). The number of fused-ring (bicyclic) bond motifs is 3. The first-order chi connectivity index (χ1) is 12.6. The van der Waals surface area contributed by atoms with Gasteiger partial charge in [-0.1, -0.05) is 24.6 Å². The topological polar surface area (TPSA) is 67.4 Å². The van der Waals surface area contributed by atoms with E-state index in [9.17, 15) is 9.59 Å². The van der Waals surface area contributed by atoms with Crippen LogP contribution >= 0.6 is 0 Å². The zero-order valence-corrected chi connectivity index (χ0v) is 15.4. The van der Waals surface area contributed by atoms with Gasteiger partial charge >= 0.3 is 0 Å². The monoisotopic (exact) mass is 356 g/mol. The fourth-order valence-electron chi connectivity index (χ4n) is 5.25. The van der Waals surface area contributed by atoms with E-state index in [1.807, 2.05) is 31.2 Å². The Balaban J connectivity index is 1.29. The van der Waals surface area contributed by atoms with Gasteiger partial charge in [-0.3, -0.25) is 9.59 Å². The lowest BCUT2D eigenvalue weighted by Gasteiger charge is -2.45. The molecule has 5 unspecified atom stereocenters. The van der Waals surface area contributed by atoms with Crippen LogP contribution in [0.5, 0.6) is 5.75 Å². The Morgan fingerprint density at radius 1 is 1.19 bits per heavy atom. The molecule has 5 heteroatoms. The van der Waals surface area contributed by atoms with Gasteiger partial charge in [0.15, 0.2) is 6.61 Å². The maximum Gasteiger partial charge on any atom is 0.258 e. The van der Waals surface area contributed by atoms with Crippen LogP contribution in [-0.4, -0.2) is 30.5 Å². The van der Waals surface area contributed by atoms with Crippen LogP contribution in [0.15, 0.2) is 24.3 Å². The number of amides is 2. The molecular formula is C21H28N2O3. The molecule has 5 nitrogen and oxygen atoms in total. The summed E-state index contributed by atoms with van der Waals surface area (Å²) in [5, 5.41) is 6.34. The van der Waals surface area contributed by atoms with Crippen molar-refractivity contribution in [3.8, 4) is 5.75 Å². The molecule has 5 atom stereocenters. The summed E-state index contributed by atoms with van der Waals surface area (Å²) in [5.41, 5.74) is 1.02. The number of piperidine rings is 1. The first-order valence-corrected chi connectivity index (χ1v) is 9.90. The van der Waals surface area contributed by atoms with Gasteiger partial charge in [-0.05, 0) is 62.5 Å². The van der Waals surface area contributed by atoms with Crippen LogP contribution in [0.3, 0.4) is 0 Å². The Morgan fingerprint density at radius 3 is 2.88 bits per heavy atom. The van der Waals surface area contributed by atoms with Gasteiger partial charge in [-0.25, -0.2) is 0 Å². The predicted octanol–water partition coefficient (Wildman–Crippen LogP) is 2.57. The van der Waals surface area contributed by atoms with Gasteiger partial charge < -0.3 is 15.4 Å². The average Bonchev–Trinajstić information content (AvgIpc) is 3.11. The minimum atomic E-state index is -0.0856. The summed E-state index contributed by atoms with van der Waals surface area (Å²) in [4.78, 5) is 24.6. The zero-order valence-electron chi connectivity index (χ0n) is 15.4.